The van der Waals surface area contributed by atoms with Crippen molar-refractivity contribution in [3.63, 3.8) is 0 Å². The van der Waals surface area contributed by atoms with Crippen LogP contribution in [0.3, 0.4) is 0 Å². The van der Waals surface area contributed by atoms with Gasteiger partial charge in [0.2, 0.25) is 6.29 Å². The Hall–Kier alpha value is -1.11. The van der Waals surface area contributed by atoms with Crippen LogP contribution in [0.2, 0.25) is 0 Å². The highest BCUT2D eigenvalue weighted by Gasteiger charge is 2.69. The second-order valence-electron chi connectivity index (χ2n) is 17.1. The van der Waals surface area contributed by atoms with Gasteiger partial charge in [-0.3, -0.25) is 4.79 Å². The molecule has 0 amide bonds. The normalized spacial score (nSPS) is 54.0. The molecule has 0 aromatic heterocycles. The Labute approximate surface area is 266 Å². The average molecular weight is 637 g/mol. The minimum atomic E-state index is -1.32. The lowest BCUT2D eigenvalue weighted by Gasteiger charge is -2.69. The molecule has 45 heavy (non-hydrogen) atoms. The number of hydrogen-bond donors (Lipinski definition) is 7. The molecule has 0 aromatic carbocycles. The topological polar surface area (TPSA) is 177 Å². The Morgan fingerprint density at radius 2 is 1.58 bits per heavy atom. The molecular formula is C35H56O10. The molecule has 0 spiro atoms. The number of aliphatic hydroxyl groups is 7. The van der Waals surface area contributed by atoms with Crippen molar-refractivity contribution in [2.24, 2.45) is 50.7 Å². The van der Waals surface area contributed by atoms with Crippen LogP contribution in [0, 0.1) is 50.7 Å². The highest BCUT2D eigenvalue weighted by atomic mass is 16.7. The van der Waals surface area contributed by atoms with Gasteiger partial charge in [-0.2, -0.15) is 0 Å². The van der Waals surface area contributed by atoms with E-state index in [2.05, 4.69) is 19.9 Å². The molecule has 6 aliphatic rings. The van der Waals surface area contributed by atoms with E-state index in [1.54, 1.807) is 0 Å². The van der Waals surface area contributed by atoms with Crippen molar-refractivity contribution in [2.75, 3.05) is 13.2 Å². The number of ether oxygens (including phenoxy) is 2. The van der Waals surface area contributed by atoms with Crippen LogP contribution in [-0.4, -0.2) is 97.8 Å². The van der Waals surface area contributed by atoms with Gasteiger partial charge in [0.1, 0.15) is 12.2 Å². The smallest absolute Gasteiger partial charge is 0.315 e. The molecule has 1 aliphatic heterocycles. The molecule has 0 radical (unpaired) electrons. The Morgan fingerprint density at radius 1 is 0.867 bits per heavy atom. The number of carbonyl (C=O) groups excluding carboxylic acids is 1. The van der Waals surface area contributed by atoms with E-state index in [4.69, 9.17) is 9.47 Å². The van der Waals surface area contributed by atoms with Gasteiger partial charge in [-0.1, -0.05) is 46.3 Å². The van der Waals surface area contributed by atoms with Crippen molar-refractivity contribution in [1.29, 1.82) is 0 Å². The number of rotatable bonds is 4. The molecule has 256 valence electrons. The number of fused-ring (bicyclic) bond motifs is 7. The predicted octanol–water partition coefficient (Wildman–Crippen LogP) is 2.05. The number of hydrogen-bond acceptors (Lipinski definition) is 10. The third kappa shape index (κ3) is 4.75. The molecule has 4 saturated carbocycles. The predicted molar refractivity (Wildman–Crippen MR) is 163 cm³/mol. The van der Waals surface area contributed by atoms with Crippen LogP contribution in [0.5, 0.6) is 0 Å². The van der Waals surface area contributed by atoms with Crippen molar-refractivity contribution in [1.82, 2.24) is 0 Å². The van der Waals surface area contributed by atoms with Crippen LogP contribution in [0.15, 0.2) is 11.6 Å². The van der Waals surface area contributed by atoms with Crippen molar-refractivity contribution >= 4 is 5.97 Å². The van der Waals surface area contributed by atoms with Crippen LogP contribution in [0.25, 0.3) is 0 Å². The molecule has 1 saturated heterocycles. The van der Waals surface area contributed by atoms with Gasteiger partial charge in [0.15, 0.2) is 0 Å². The van der Waals surface area contributed by atoms with Crippen molar-refractivity contribution in [3.8, 4) is 0 Å². The summed E-state index contributed by atoms with van der Waals surface area (Å²) in [7, 11) is 0. The Bertz CT molecular complexity index is 1190. The summed E-state index contributed by atoms with van der Waals surface area (Å²) in [6, 6.07) is 0. The van der Waals surface area contributed by atoms with E-state index in [1.165, 1.54) is 0 Å². The lowest BCUT2D eigenvalue weighted by atomic mass is 9.36. The van der Waals surface area contributed by atoms with Crippen LogP contribution in [0.1, 0.15) is 92.4 Å². The van der Waals surface area contributed by atoms with E-state index in [9.17, 15) is 40.5 Å². The highest BCUT2D eigenvalue weighted by molar-refractivity contribution is 5.79. The summed E-state index contributed by atoms with van der Waals surface area (Å²) >= 11 is 0. The third-order valence-corrected chi connectivity index (χ3v) is 14.5. The molecule has 7 N–H and O–H groups in total. The van der Waals surface area contributed by atoms with E-state index >= 15 is 0 Å². The maximum absolute atomic E-state index is 14.3. The monoisotopic (exact) mass is 636 g/mol. The minimum Gasteiger partial charge on any atom is -0.432 e. The number of aliphatic hydroxyl groups excluding tert-OH is 7. The van der Waals surface area contributed by atoms with Gasteiger partial charge in [-0.05, 0) is 85.4 Å². The second kappa shape index (κ2) is 11.2. The van der Waals surface area contributed by atoms with Gasteiger partial charge < -0.3 is 45.2 Å². The summed E-state index contributed by atoms with van der Waals surface area (Å²) in [6.45, 7) is 9.91. The first-order chi connectivity index (χ1) is 21.0. The van der Waals surface area contributed by atoms with Gasteiger partial charge in [0.05, 0.1) is 43.0 Å². The van der Waals surface area contributed by atoms with E-state index < -0.39 is 77.7 Å². The van der Waals surface area contributed by atoms with Crippen molar-refractivity contribution < 1.29 is 50.0 Å². The molecule has 0 bridgehead atoms. The standard InChI is InChI=1S/C35H56O10/c1-31(2)12-13-35(30(43)45-29-21(39)14-20(38)23(16-36)44-29)11-8-19-18(26(35)28(31)42)6-7-24-32(19,3)10-9-25-33(24,4)15-22(40)27(41)34(25,5)17-37/h6,19-29,36-42H,7-17H2,1-5H3. The quantitative estimate of drug-likeness (QED) is 0.179. The summed E-state index contributed by atoms with van der Waals surface area (Å²) in [5.74, 6) is -0.645. The fourth-order valence-electron chi connectivity index (χ4n) is 11.8. The summed E-state index contributed by atoms with van der Waals surface area (Å²) in [4.78, 5) is 14.3. The lowest BCUT2D eigenvalue weighted by molar-refractivity contribution is -0.272. The van der Waals surface area contributed by atoms with E-state index in [0.29, 0.717) is 25.7 Å². The third-order valence-electron chi connectivity index (χ3n) is 14.5. The first-order valence-electron chi connectivity index (χ1n) is 17.2. The SMILES string of the molecule is CC1(C)CCC2(C(=O)OC3OC(CO)C(O)CC3O)CCC3C(=CCC4C3(C)CCC3C(C)(CO)C(O)C(O)CC43C)C2C1O. The Balaban J connectivity index is 1.35. The molecule has 15 atom stereocenters. The molecule has 5 aliphatic carbocycles. The van der Waals surface area contributed by atoms with Gasteiger partial charge in [0, 0.05) is 17.8 Å². The fraction of sp³-hybridized carbons (Fsp3) is 0.914. The second-order valence-corrected chi connectivity index (χ2v) is 17.1. The van der Waals surface area contributed by atoms with Gasteiger partial charge in [-0.15, -0.1) is 0 Å². The average Bonchev–Trinajstić information content (AvgIpc) is 2.98. The first-order valence-corrected chi connectivity index (χ1v) is 17.2. The van der Waals surface area contributed by atoms with Crippen molar-refractivity contribution in [3.05, 3.63) is 11.6 Å². The summed E-state index contributed by atoms with van der Waals surface area (Å²) in [5, 5.41) is 75.1. The highest BCUT2D eigenvalue weighted by Crippen LogP contribution is 2.72. The Kier molecular flexibility index (Phi) is 8.42. The fourth-order valence-corrected chi connectivity index (χ4v) is 11.8. The number of carbonyl (C=O) groups is 1. The van der Waals surface area contributed by atoms with Crippen LogP contribution >= 0.6 is 0 Å². The Morgan fingerprint density at radius 3 is 2.24 bits per heavy atom. The molecule has 0 aromatic rings. The lowest BCUT2D eigenvalue weighted by Crippen LogP contribution is -2.67. The zero-order valence-electron chi connectivity index (χ0n) is 27.6. The maximum atomic E-state index is 14.3. The molecule has 10 nitrogen and oxygen atoms in total. The molecule has 6 rings (SSSR count). The maximum Gasteiger partial charge on any atom is 0.315 e. The molecule has 10 heteroatoms. The zero-order valence-corrected chi connectivity index (χ0v) is 27.6. The van der Waals surface area contributed by atoms with E-state index in [1.807, 2.05) is 20.8 Å². The zero-order chi connectivity index (χ0) is 32.9. The molecule has 1 heterocycles. The summed E-state index contributed by atoms with van der Waals surface area (Å²) in [6.07, 6.45) is 0.159. The number of esters is 1. The summed E-state index contributed by atoms with van der Waals surface area (Å²) in [5.41, 5.74) is -1.62. The largest absolute Gasteiger partial charge is 0.432 e. The van der Waals surface area contributed by atoms with E-state index in [-0.39, 0.29) is 41.6 Å². The molecule has 15 unspecified atom stereocenters. The van der Waals surface area contributed by atoms with Crippen LogP contribution in [-0.2, 0) is 14.3 Å². The van der Waals surface area contributed by atoms with Gasteiger partial charge in [0.25, 0.3) is 0 Å². The first kappa shape index (κ1) is 33.8. The minimum absolute atomic E-state index is 0.0430. The van der Waals surface area contributed by atoms with Crippen LogP contribution < -0.4 is 0 Å². The van der Waals surface area contributed by atoms with E-state index in [0.717, 1.165) is 31.3 Å². The van der Waals surface area contributed by atoms with Crippen molar-refractivity contribution in [2.45, 2.75) is 135 Å². The molecular weight excluding hydrogens is 580 g/mol. The van der Waals surface area contributed by atoms with Gasteiger partial charge >= 0.3 is 5.97 Å². The van der Waals surface area contributed by atoms with Gasteiger partial charge in [-0.25, -0.2) is 0 Å². The summed E-state index contributed by atoms with van der Waals surface area (Å²) < 4.78 is 11.5. The molecule has 5 fully saturated rings. The van der Waals surface area contributed by atoms with Crippen LogP contribution in [0.4, 0.5) is 0 Å². The number of allylic oxidation sites excluding steroid dienone is 1.